The molecular weight excluding hydrogens is 356 g/mol. The maximum atomic E-state index is 12.0. The van der Waals surface area contributed by atoms with Gasteiger partial charge < -0.3 is 10.1 Å². The van der Waals surface area contributed by atoms with E-state index in [4.69, 9.17) is 16.3 Å². The van der Waals surface area contributed by atoms with Crippen LogP contribution in [0.25, 0.3) is 0 Å². The molecular formula is C15H14BrClN2O2. The molecule has 0 spiro atoms. The summed E-state index contributed by atoms with van der Waals surface area (Å²) in [7, 11) is 0. The molecule has 0 aliphatic rings. The first-order valence-electron chi connectivity index (χ1n) is 6.27. The fraction of sp³-hybridized carbons (Fsp3) is 0.200. The van der Waals surface area contributed by atoms with Gasteiger partial charge in [-0.3, -0.25) is 9.78 Å². The van der Waals surface area contributed by atoms with Crippen molar-refractivity contribution >= 4 is 39.1 Å². The van der Waals surface area contributed by atoms with Crippen LogP contribution in [-0.2, 0) is 4.79 Å². The summed E-state index contributed by atoms with van der Waals surface area (Å²) in [5.74, 6) is 0.211. The van der Waals surface area contributed by atoms with Crippen LogP contribution in [-0.4, -0.2) is 17.5 Å². The van der Waals surface area contributed by atoms with E-state index in [-0.39, 0.29) is 12.5 Å². The maximum absolute atomic E-state index is 12.0. The smallest absolute Gasteiger partial charge is 0.262 e. The number of rotatable bonds is 4. The first kappa shape index (κ1) is 15.8. The molecule has 0 aliphatic heterocycles. The minimum Gasteiger partial charge on any atom is -0.482 e. The SMILES string of the molecule is Cc1ccnc(C)c1NC(=O)COc1ccc(Br)cc1Cl. The van der Waals surface area contributed by atoms with Gasteiger partial charge in [0.15, 0.2) is 6.61 Å². The van der Waals surface area contributed by atoms with Crippen LogP contribution >= 0.6 is 27.5 Å². The third-order valence-corrected chi connectivity index (χ3v) is 3.65. The molecule has 2 aromatic rings. The third kappa shape index (κ3) is 4.19. The Morgan fingerprint density at radius 2 is 2.14 bits per heavy atom. The molecule has 0 unspecified atom stereocenters. The zero-order chi connectivity index (χ0) is 15.4. The molecule has 2 rings (SSSR count). The lowest BCUT2D eigenvalue weighted by molar-refractivity contribution is -0.118. The second-order valence-electron chi connectivity index (χ2n) is 4.50. The lowest BCUT2D eigenvalue weighted by Crippen LogP contribution is -2.21. The number of amides is 1. The molecule has 6 heteroatoms. The Bertz CT molecular complexity index is 656. The van der Waals surface area contributed by atoms with Gasteiger partial charge in [0.1, 0.15) is 5.75 Å². The van der Waals surface area contributed by atoms with Crippen molar-refractivity contribution in [2.24, 2.45) is 0 Å². The van der Waals surface area contributed by atoms with E-state index in [0.717, 1.165) is 15.7 Å². The van der Waals surface area contributed by atoms with E-state index in [9.17, 15) is 4.79 Å². The second-order valence-corrected chi connectivity index (χ2v) is 5.82. The van der Waals surface area contributed by atoms with Crippen LogP contribution in [0, 0.1) is 13.8 Å². The molecule has 0 saturated heterocycles. The first-order valence-corrected chi connectivity index (χ1v) is 7.44. The average Bonchev–Trinajstić information content (AvgIpc) is 2.42. The van der Waals surface area contributed by atoms with Crippen molar-refractivity contribution in [1.82, 2.24) is 4.98 Å². The Kier molecular flexibility index (Phi) is 5.20. The number of carbonyl (C=O) groups excluding carboxylic acids is 1. The van der Waals surface area contributed by atoms with E-state index in [1.54, 1.807) is 24.4 Å². The fourth-order valence-electron chi connectivity index (χ4n) is 1.79. The van der Waals surface area contributed by atoms with E-state index in [0.29, 0.717) is 16.5 Å². The topological polar surface area (TPSA) is 51.2 Å². The highest BCUT2D eigenvalue weighted by Gasteiger charge is 2.10. The Labute approximate surface area is 136 Å². The minimum absolute atomic E-state index is 0.116. The number of nitrogens with one attached hydrogen (secondary N) is 1. The predicted octanol–water partition coefficient (Wildman–Crippen LogP) is 4.13. The number of ether oxygens (including phenoxy) is 1. The Hall–Kier alpha value is -1.59. The number of benzene rings is 1. The van der Waals surface area contributed by atoms with Crippen molar-refractivity contribution in [3.63, 3.8) is 0 Å². The van der Waals surface area contributed by atoms with Gasteiger partial charge in [-0.25, -0.2) is 0 Å². The molecule has 0 bridgehead atoms. The molecule has 0 aliphatic carbocycles. The highest BCUT2D eigenvalue weighted by atomic mass is 79.9. The molecule has 1 aromatic heterocycles. The highest BCUT2D eigenvalue weighted by molar-refractivity contribution is 9.10. The van der Waals surface area contributed by atoms with Crippen molar-refractivity contribution in [2.75, 3.05) is 11.9 Å². The van der Waals surface area contributed by atoms with Crippen molar-refractivity contribution in [2.45, 2.75) is 13.8 Å². The largest absolute Gasteiger partial charge is 0.482 e. The maximum Gasteiger partial charge on any atom is 0.262 e. The average molecular weight is 370 g/mol. The summed E-state index contributed by atoms with van der Waals surface area (Å²) < 4.78 is 6.27. The number of aryl methyl sites for hydroxylation is 2. The third-order valence-electron chi connectivity index (χ3n) is 2.87. The van der Waals surface area contributed by atoms with Crippen LogP contribution < -0.4 is 10.1 Å². The van der Waals surface area contributed by atoms with E-state index in [1.807, 2.05) is 19.9 Å². The van der Waals surface area contributed by atoms with Gasteiger partial charge in [0.05, 0.1) is 16.4 Å². The molecule has 0 fully saturated rings. The zero-order valence-electron chi connectivity index (χ0n) is 11.6. The first-order chi connectivity index (χ1) is 9.97. The van der Waals surface area contributed by atoms with Crippen LogP contribution in [0.4, 0.5) is 5.69 Å². The van der Waals surface area contributed by atoms with Crippen LogP contribution in [0.1, 0.15) is 11.3 Å². The van der Waals surface area contributed by atoms with E-state index >= 15 is 0 Å². The number of hydrogen-bond acceptors (Lipinski definition) is 3. The summed E-state index contributed by atoms with van der Waals surface area (Å²) in [6.07, 6.45) is 1.71. The molecule has 0 saturated carbocycles. The quantitative estimate of drug-likeness (QED) is 0.881. The summed E-state index contributed by atoms with van der Waals surface area (Å²) in [6, 6.07) is 7.06. The predicted molar refractivity (Wildman–Crippen MR) is 87.0 cm³/mol. The van der Waals surface area contributed by atoms with Gasteiger partial charge in [-0.15, -0.1) is 0 Å². The molecule has 110 valence electrons. The van der Waals surface area contributed by atoms with Gasteiger partial charge in [0, 0.05) is 10.7 Å². The van der Waals surface area contributed by atoms with Gasteiger partial charge in [-0.1, -0.05) is 27.5 Å². The van der Waals surface area contributed by atoms with E-state index in [2.05, 4.69) is 26.2 Å². The Balaban J connectivity index is 1.99. The molecule has 21 heavy (non-hydrogen) atoms. The van der Waals surface area contributed by atoms with Crippen molar-refractivity contribution in [3.05, 3.63) is 51.2 Å². The Morgan fingerprint density at radius 3 is 2.81 bits per heavy atom. The standard InChI is InChI=1S/C15H14BrClN2O2/c1-9-5-6-18-10(2)15(9)19-14(20)8-21-13-4-3-11(16)7-12(13)17/h3-7H,8H2,1-2H3,(H,19,20). The molecule has 1 amide bonds. The van der Waals surface area contributed by atoms with E-state index < -0.39 is 0 Å². The van der Waals surface area contributed by atoms with Crippen LogP contribution in [0.3, 0.4) is 0 Å². The lowest BCUT2D eigenvalue weighted by Gasteiger charge is -2.12. The van der Waals surface area contributed by atoms with Gasteiger partial charge >= 0.3 is 0 Å². The summed E-state index contributed by atoms with van der Waals surface area (Å²) in [6.45, 7) is 3.64. The Morgan fingerprint density at radius 1 is 1.38 bits per heavy atom. The summed E-state index contributed by atoms with van der Waals surface area (Å²) >= 11 is 9.34. The monoisotopic (exact) mass is 368 g/mol. The second kappa shape index (κ2) is 6.91. The van der Waals surface area contributed by atoms with Crippen molar-refractivity contribution in [1.29, 1.82) is 0 Å². The van der Waals surface area contributed by atoms with Gasteiger partial charge in [0.25, 0.3) is 5.91 Å². The van der Waals surface area contributed by atoms with E-state index in [1.165, 1.54) is 0 Å². The number of carbonyl (C=O) groups is 1. The minimum atomic E-state index is -0.256. The summed E-state index contributed by atoms with van der Waals surface area (Å²) in [5, 5.41) is 3.25. The molecule has 0 radical (unpaired) electrons. The zero-order valence-corrected chi connectivity index (χ0v) is 14.0. The number of nitrogens with zero attached hydrogens (tertiary/aromatic N) is 1. The van der Waals surface area contributed by atoms with Crippen LogP contribution in [0.5, 0.6) is 5.75 Å². The van der Waals surface area contributed by atoms with Gasteiger partial charge in [-0.05, 0) is 43.7 Å². The molecule has 4 nitrogen and oxygen atoms in total. The normalized spacial score (nSPS) is 10.3. The highest BCUT2D eigenvalue weighted by Crippen LogP contribution is 2.27. The number of hydrogen-bond donors (Lipinski definition) is 1. The van der Waals surface area contributed by atoms with Gasteiger partial charge in [0.2, 0.25) is 0 Å². The van der Waals surface area contributed by atoms with Crippen LogP contribution in [0.15, 0.2) is 34.9 Å². The number of halogens is 2. The summed E-state index contributed by atoms with van der Waals surface area (Å²) in [4.78, 5) is 16.1. The van der Waals surface area contributed by atoms with Crippen molar-refractivity contribution in [3.8, 4) is 5.75 Å². The van der Waals surface area contributed by atoms with Crippen molar-refractivity contribution < 1.29 is 9.53 Å². The van der Waals surface area contributed by atoms with Gasteiger partial charge in [-0.2, -0.15) is 0 Å². The lowest BCUT2D eigenvalue weighted by atomic mass is 10.2. The fourth-order valence-corrected chi connectivity index (χ4v) is 2.52. The number of aromatic nitrogens is 1. The number of anilines is 1. The molecule has 1 heterocycles. The number of pyridine rings is 1. The molecule has 1 aromatic carbocycles. The molecule has 0 atom stereocenters. The molecule has 1 N–H and O–H groups in total. The summed E-state index contributed by atoms with van der Waals surface area (Å²) in [5.41, 5.74) is 2.44. The van der Waals surface area contributed by atoms with Crippen LogP contribution in [0.2, 0.25) is 5.02 Å².